The SMILES string of the molecule is CCC1CN(C2CCN(S(=O)(=O)c3ccccc3C(F)(F)F)CC2)C(=O)O1. The zero-order valence-electron chi connectivity index (χ0n) is 14.8. The lowest BCUT2D eigenvalue weighted by Crippen LogP contribution is -2.47. The van der Waals surface area contributed by atoms with Crippen molar-refractivity contribution in [3.8, 4) is 0 Å². The number of carbonyl (C=O) groups is 1. The molecule has 0 aromatic heterocycles. The van der Waals surface area contributed by atoms with E-state index in [1.807, 2.05) is 6.92 Å². The van der Waals surface area contributed by atoms with E-state index in [2.05, 4.69) is 0 Å². The van der Waals surface area contributed by atoms with Gasteiger partial charge in [0.25, 0.3) is 0 Å². The molecule has 0 spiro atoms. The Labute approximate surface area is 155 Å². The molecular formula is C17H21F3N2O4S. The quantitative estimate of drug-likeness (QED) is 0.771. The van der Waals surface area contributed by atoms with Crippen LogP contribution in [0.25, 0.3) is 0 Å². The Balaban J connectivity index is 1.74. The van der Waals surface area contributed by atoms with Crippen LogP contribution in [0.5, 0.6) is 0 Å². The van der Waals surface area contributed by atoms with Crippen molar-refractivity contribution >= 4 is 16.1 Å². The summed E-state index contributed by atoms with van der Waals surface area (Å²) in [7, 11) is -4.27. The average Bonchev–Trinajstić information content (AvgIpc) is 3.02. The van der Waals surface area contributed by atoms with Crippen LogP contribution in [0.3, 0.4) is 0 Å². The molecule has 10 heteroatoms. The lowest BCUT2D eigenvalue weighted by molar-refractivity contribution is -0.139. The normalized spacial score (nSPS) is 22.9. The number of amides is 1. The Morgan fingerprint density at radius 1 is 1.19 bits per heavy atom. The van der Waals surface area contributed by atoms with Gasteiger partial charge in [0.1, 0.15) is 6.10 Å². The third kappa shape index (κ3) is 3.91. The summed E-state index contributed by atoms with van der Waals surface area (Å²) < 4.78 is 71.4. The van der Waals surface area contributed by atoms with Gasteiger partial charge in [-0.15, -0.1) is 0 Å². The second-order valence-corrected chi connectivity index (χ2v) is 8.60. The summed E-state index contributed by atoms with van der Waals surface area (Å²) in [6.45, 7) is 2.48. The van der Waals surface area contributed by atoms with Gasteiger partial charge in [0.05, 0.1) is 17.0 Å². The van der Waals surface area contributed by atoms with Crippen LogP contribution in [-0.2, 0) is 20.9 Å². The van der Waals surface area contributed by atoms with Crippen LogP contribution in [0.15, 0.2) is 29.2 Å². The molecule has 0 radical (unpaired) electrons. The van der Waals surface area contributed by atoms with Gasteiger partial charge in [-0.1, -0.05) is 19.1 Å². The number of nitrogens with zero attached hydrogens (tertiary/aromatic N) is 2. The van der Waals surface area contributed by atoms with Crippen LogP contribution in [0, 0.1) is 0 Å². The van der Waals surface area contributed by atoms with Crippen LogP contribution in [0.4, 0.5) is 18.0 Å². The molecule has 2 aliphatic rings. The van der Waals surface area contributed by atoms with E-state index in [0.29, 0.717) is 25.8 Å². The number of halogens is 3. The lowest BCUT2D eigenvalue weighted by Gasteiger charge is -2.35. The number of cyclic esters (lactones) is 1. The first-order valence-corrected chi connectivity index (χ1v) is 10.2. The predicted molar refractivity (Wildman–Crippen MR) is 90.5 cm³/mol. The van der Waals surface area contributed by atoms with Crippen molar-refractivity contribution in [1.29, 1.82) is 0 Å². The molecule has 1 amide bonds. The molecular weight excluding hydrogens is 385 g/mol. The Hall–Kier alpha value is -1.81. The first-order chi connectivity index (χ1) is 12.6. The largest absolute Gasteiger partial charge is 0.444 e. The molecule has 2 fully saturated rings. The third-order valence-corrected chi connectivity index (χ3v) is 6.99. The second kappa shape index (κ2) is 7.31. The molecule has 3 rings (SSSR count). The van der Waals surface area contributed by atoms with Crippen LogP contribution in [0.2, 0.25) is 0 Å². The molecule has 6 nitrogen and oxygen atoms in total. The first kappa shape index (κ1) is 19.9. The number of alkyl halides is 3. The predicted octanol–water partition coefficient (Wildman–Crippen LogP) is 3.09. The summed E-state index contributed by atoms with van der Waals surface area (Å²) in [4.78, 5) is 12.8. The fraction of sp³-hybridized carbons (Fsp3) is 0.588. The number of rotatable bonds is 4. The Kier molecular flexibility index (Phi) is 5.40. The van der Waals surface area contributed by atoms with Crippen LogP contribution >= 0.6 is 0 Å². The van der Waals surface area contributed by atoms with E-state index in [1.54, 1.807) is 4.90 Å². The molecule has 1 aromatic carbocycles. The highest BCUT2D eigenvalue weighted by atomic mass is 32.2. The molecule has 1 unspecified atom stereocenters. The van der Waals surface area contributed by atoms with E-state index in [0.717, 1.165) is 22.5 Å². The summed E-state index contributed by atoms with van der Waals surface area (Å²) in [6, 6.07) is 4.02. The van der Waals surface area contributed by atoms with Crippen LogP contribution in [0.1, 0.15) is 31.7 Å². The number of hydrogen-bond acceptors (Lipinski definition) is 4. The van der Waals surface area contributed by atoms with Crippen LogP contribution < -0.4 is 0 Å². The molecule has 2 saturated heterocycles. The van der Waals surface area contributed by atoms with Crippen molar-refractivity contribution in [3.05, 3.63) is 29.8 Å². The second-order valence-electron chi connectivity index (χ2n) is 6.70. The van der Waals surface area contributed by atoms with E-state index < -0.39 is 32.8 Å². The number of sulfonamides is 1. The lowest BCUT2D eigenvalue weighted by atomic mass is 10.1. The number of benzene rings is 1. The Morgan fingerprint density at radius 2 is 1.81 bits per heavy atom. The molecule has 0 saturated carbocycles. The van der Waals surface area contributed by atoms with Gasteiger partial charge >= 0.3 is 12.3 Å². The minimum Gasteiger partial charge on any atom is -0.444 e. The van der Waals surface area contributed by atoms with E-state index >= 15 is 0 Å². The van der Waals surface area contributed by atoms with Crippen molar-refractivity contribution in [2.24, 2.45) is 0 Å². The molecule has 27 heavy (non-hydrogen) atoms. The maximum atomic E-state index is 13.2. The molecule has 0 bridgehead atoms. The fourth-order valence-electron chi connectivity index (χ4n) is 3.51. The molecule has 0 aliphatic carbocycles. The van der Waals surface area contributed by atoms with Crippen LogP contribution in [-0.4, -0.2) is 55.5 Å². The molecule has 2 aliphatic heterocycles. The highest BCUT2D eigenvalue weighted by Gasteiger charge is 2.41. The van der Waals surface area contributed by atoms with Crippen molar-refractivity contribution < 1.29 is 31.1 Å². The molecule has 150 valence electrons. The number of piperidine rings is 1. The van der Waals surface area contributed by atoms with Gasteiger partial charge in [0.15, 0.2) is 0 Å². The summed E-state index contributed by atoms with van der Waals surface area (Å²) in [5.74, 6) is 0. The van der Waals surface area contributed by atoms with Gasteiger partial charge in [-0.05, 0) is 31.4 Å². The van der Waals surface area contributed by atoms with Crippen molar-refractivity contribution in [2.45, 2.75) is 49.4 Å². The van der Waals surface area contributed by atoms with E-state index in [1.165, 1.54) is 6.07 Å². The van der Waals surface area contributed by atoms with Crippen molar-refractivity contribution in [3.63, 3.8) is 0 Å². The van der Waals surface area contributed by atoms with Gasteiger partial charge in [-0.2, -0.15) is 17.5 Å². The summed E-state index contributed by atoms with van der Waals surface area (Å²) >= 11 is 0. The van der Waals surface area contributed by atoms with Crippen molar-refractivity contribution in [1.82, 2.24) is 9.21 Å². The average molecular weight is 406 g/mol. The molecule has 1 atom stereocenters. The highest BCUT2D eigenvalue weighted by Crippen LogP contribution is 2.36. The fourth-order valence-corrected chi connectivity index (χ4v) is 5.19. The standard InChI is InChI=1S/C17H21F3N2O4S/c1-2-13-11-22(16(23)26-13)12-7-9-21(10-8-12)27(24,25)15-6-4-3-5-14(15)17(18,19)20/h3-6,12-13H,2,7-11H2,1H3. The first-order valence-electron chi connectivity index (χ1n) is 8.78. The van der Waals surface area contributed by atoms with Gasteiger partial charge in [0, 0.05) is 19.1 Å². The zero-order valence-corrected chi connectivity index (χ0v) is 15.6. The Bertz CT molecular complexity index is 805. The zero-order chi connectivity index (χ0) is 19.8. The van der Waals surface area contributed by atoms with Gasteiger partial charge in [-0.25, -0.2) is 13.2 Å². The molecule has 0 N–H and O–H groups in total. The number of carbonyl (C=O) groups excluding carboxylic acids is 1. The monoisotopic (exact) mass is 406 g/mol. The van der Waals surface area contributed by atoms with E-state index in [4.69, 9.17) is 4.74 Å². The minimum absolute atomic E-state index is 0.0553. The minimum atomic E-state index is -4.75. The summed E-state index contributed by atoms with van der Waals surface area (Å²) in [5.41, 5.74) is -1.17. The van der Waals surface area contributed by atoms with Gasteiger partial charge in [-0.3, -0.25) is 0 Å². The van der Waals surface area contributed by atoms with Gasteiger partial charge in [0.2, 0.25) is 10.0 Å². The number of hydrogen-bond donors (Lipinski definition) is 0. The topological polar surface area (TPSA) is 66.9 Å². The Morgan fingerprint density at radius 3 is 2.37 bits per heavy atom. The number of ether oxygens (including phenoxy) is 1. The van der Waals surface area contributed by atoms with Crippen molar-refractivity contribution in [2.75, 3.05) is 19.6 Å². The maximum Gasteiger partial charge on any atom is 0.417 e. The highest BCUT2D eigenvalue weighted by molar-refractivity contribution is 7.89. The van der Waals surface area contributed by atoms with E-state index in [-0.39, 0.29) is 25.2 Å². The van der Waals surface area contributed by atoms with Gasteiger partial charge < -0.3 is 9.64 Å². The third-order valence-electron chi connectivity index (χ3n) is 5.03. The molecule has 2 heterocycles. The summed E-state index contributed by atoms with van der Waals surface area (Å²) in [5, 5.41) is 0. The van der Waals surface area contributed by atoms with E-state index in [9.17, 15) is 26.4 Å². The smallest absolute Gasteiger partial charge is 0.417 e. The molecule has 1 aromatic rings. The summed E-state index contributed by atoms with van der Waals surface area (Å²) in [6.07, 6.45) is -3.92. The maximum absolute atomic E-state index is 13.2.